The molecule has 1 heterocycles. The van der Waals surface area contributed by atoms with Crippen molar-refractivity contribution in [1.82, 2.24) is 15.5 Å². The zero-order valence-electron chi connectivity index (χ0n) is 18.3. The van der Waals surface area contributed by atoms with Crippen molar-refractivity contribution >= 4 is 35.8 Å². The van der Waals surface area contributed by atoms with E-state index in [1.165, 1.54) is 12.8 Å². The number of amides is 1. The molecule has 2 fully saturated rings. The average Bonchev–Trinajstić information content (AvgIpc) is 3.44. The molecule has 168 valence electrons. The van der Waals surface area contributed by atoms with Crippen molar-refractivity contribution in [3.8, 4) is 11.5 Å². The number of hydrogen-bond donors (Lipinski definition) is 2. The quantitative estimate of drug-likeness (QED) is 0.322. The normalized spacial score (nSPS) is 19.4. The second-order valence-electron chi connectivity index (χ2n) is 7.74. The molecule has 7 nitrogen and oxygen atoms in total. The van der Waals surface area contributed by atoms with Gasteiger partial charge in [0.25, 0.3) is 0 Å². The van der Waals surface area contributed by atoms with Crippen molar-refractivity contribution < 1.29 is 14.3 Å². The monoisotopic (exact) mass is 530 g/mol. The predicted molar refractivity (Wildman–Crippen MR) is 130 cm³/mol. The first kappa shape index (κ1) is 24.6. The van der Waals surface area contributed by atoms with E-state index in [9.17, 15) is 4.79 Å². The van der Waals surface area contributed by atoms with Crippen LogP contribution in [0.25, 0.3) is 0 Å². The van der Waals surface area contributed by atoms with E-state index in [0.717, 1.165) is 55.4 Å². The molecule has 1 saturated carbocycles. The van der Waals surface area contributed by atoms with Gasteiger partial charge in [-0.3, -0.25) is 9.79 Å². The average molecular weight is 530 g/mol. The number of guanidine groups is 1. The summed E-state index contributed by atoms with van der Waals surface area (Å²) in [6.07, 6.45) is 5.46. The summed E-state index contributed by atoms with van der Waals surface area (Å²) >= 11 is 0. The number of carbonyl (C=O) groups excluding carboxylic acids is 1. The molecule has 0 aromatic heterocycles. The number of halogens is 1. The molecule has 2 N–H and O–H groups in total. The van der Waals surface area contributed by atoms with Gasteiger partial charge in [0.1, 0.15) is 0 Å². The number of carbonyl (C=O) groups is 1. The van der Waals surface area contributed by atoms with Crippen LogP contribution >= 0.6 is 24.0 Å². The molecule has 30 heavy (non-hydrogen) atoms. The van der Waals surface area contributed by atoms with Crippen LogP contribution in [0.5, 0.6) is 11.5 Å². The Bertz CT molecular complexity index is 722. The summed E-state index contributed by atoms with van der Waals surface area (Å²) in [6.45, 7) is 4.77. The van der Waals surface area contributed by atoms with Crippen LogP contribution in [0, 0.1) is 5.92 Å². The van der Waals surface area contributed by atoms with Crippen LogP contribution < -0.4 is 20.1 Å². The van der Waals surface area contributed by atoms with Crippen molar-refractivity contribution in [2.45, 2.75) is 51.6 Å². The van der Waals surface area contributed by atoms with Gasteiger partial charge in [-0.2, -0.15) is 0 Å². The molecule has 1 unspecified atom stereocenters. The van der Waals surface area contributed by atoms with Gasteiger partial charge in [-0.15, -0.1) is 24.0 Å². The lowest BCUT2D eigenvalue weighted by molar-refractivity contribution is -0.134. The number of aliphatic imine (C=N–C) groups is 1. The number of nitrogens with one attached hydrogen (secondary N) is 2. The van der Waals surface area contributed by atoms with Gasteiger partial charge < -0.3 is 25.0 Å². The molecule has 0 spiro atoms. The maximum Gasteiger partial charge on any atom is 0.225 e. The van der Waals surface area contributed by atoms with Crippen LogP contribution in [0.2, 0.25) is 0 Å². The number of methoxy groups -OCH3 is 1. The topological polar surface area (TPSA) is 75.2 Å². The summed E-state index contributed by atoms with van der Waals surface area (Å²) in [4.78, 5) is 19.0. The predicted octanol–water partition coefficient (Wildman–Crippen LogP) is 3.17. The second kappa shape index (κ2) is 12.2. The van der Waals surface area contributed by atoms with Crippen molar-refractivity contribution in [2.24, 2.45) is 10.9 Å². The molecule has 8 heteroatoms. The molecule has 0 radical (unpaired) electrons. The van der Waals surface area contributed by atoms with E-state index in [4.69, 9.17) is 9.47 Å². The fourth-order valence-corrected chi connectivity index (χ4v) is 4.18. The first-order valence-electron chi connectivity index (χ1n) is 10.7. The Labute approximate surface area is 197 Å². The van der Waals surface area contributed by atoms with E-state index in [2.05, 4.69) is 15.6 Å². The molecule has 1 aromatic rings. The van der Waals surface area contributed by atoms with E-state index in [-0.39, 0.29) is 35.9 Å². The van der Waals surface area contributed by atoms with E-state index >= 15 is 0 Å². The number of benzene rings is 1. The smallest absolute Gasteiger partial charge is 0.225 e. The number of ether oxygens (including phenoxy) is 2. The van der Waals surface area contributed by atoms with Gasteiger partial charge in [0.15, 0.2) is 17.5 Å². The molecule has 1 atom stereocenters. The SMILES string of the molecule is CCOc1ccc(CNC(=NC)NC2CCN(C(=O)C3CCCC3)C2)cc1OC.I. The summed E-state index contributed by atoms with van der Waals surface area (Å²) in [7, 11) is 3.42. The van der Waals surface area contributed by atoms with Crippen LogP contribution in [0.3, 0.4) is 0 Å². The third-order valence-corrected chi connectivity index (χ3v) is 5.76. The van der Waals surface area contributed by atoms with E-state index in [1.54, 1.807) is 14.2 Å². The number of hydrogen-bond acceptors (Lipinski definition) is 4. The lowest BCUT2D eigenvalue weighted by Crippen LogP contribution is -2.45. The first-order chi connectivity index (χ1) is 14.1. The summed E-state index contributed by atoms with van der Waals surface area (Å²) in [5, 5.41) is 6.81. The fourth-order valence-electron chi connectivity index (χ4n) is 4.18. The van der Waals surface area contributed by atoms with E-state index in [0.29, 0.717) is 19.1 Å². The Morgan fingerprint density at radius 3 is 2.67 bits per heavy atom. The molecule has 1 aliphatic carbocycles. The van der Waals surface area contributed by atoms with Gasteiger partial charge in [-0.25, -0.2) is 0 Å². The summed E-state index contributed by atoms with van der Waals surface area (Å²) in [5.74, 6) is 2.82. The Morgan fingerprint density at radius 1 is 1.23 bits per heavy atom. The van der Waals surface area contributed by atoms with Gasteiger partial charge in [0.05, 0.1) is 13.7 Å². The Balaban J connectivity index is 0.00000320. The van der Waals surface area contributed by atoms with Crippen LogP contribution in [0.1, 0.15) is 44.6 Å². The minimum atomic E-state index is 0. The van der Waals surface area contributed by atoms with Crippen molar-refractivity contribution in [3.63, 3.8) is 0 Å². The molecular weight excluding hydrogens is 495 g/mol. The highest BCUT2D eigenvalue weighted by Crippen LogP contribution is 2.29. The summed E-state index contributed by atoms with van der Waals surface area (Å²) in [5.41, 5.74) is 1.08. The van der Waals surface area contributed by atoms with Gasteiger partial charge in [0, 0.05) is 38.6 Å². The highest BCUT2D eigenvalue weighted by Gasteiger charge is 2.32. The van der Waals surface area contributed by atoms with Crippen LogP contribution in [-0.4, -0.2) is 56.7 Å². The highest BCUT2D eigenvalue weighted by molar-refractivity contribution is 14.0. The van der Waals surface area contributed by atoms with Gasteiger partial charge >= 0.3 is 0 Å². The largest absolute Gasteiger partial charge is 0.493 e. The number of nitrogens with zero attached hydrogens (tertiary/aromatic N) is 2. The summed E-state index contributed by atoms with van der Waals surface area (Å²) < 4.78 is 11.0. The fraction of sp³-hybridized carbons (Fsp3) is 0.636. The lowest BCUT2D eigenvalue weighted by atomic mass is 10.1. The van der Waals surface area contributed by atoms with Gasteiger partial charge in [-0.1, -0.05) is 18.9 Å². The molecule has 1 amide bonds. The van der Waals surface area contributed by atoms with Gasteiger partial charge in [-0.05, 0) is 43.9 Å². The number of likely N-dealkylation sites (tertiary alicyclic amines) is 1. The van der Waals surface area contributed by atoms with Crippen LogP contribution in [-0.2, 0) is 11.3 Å². The third-order valence-electron chi connectivity index (χ3n) is 5.76. The minimum absolute atomic E-state index is 0. The molecule has 2 aliphatic rings. The Kier molecular flexibility index (Phi) is 10.0. The standard InChI is InChI=1S/C22H34N4O3.HI/c1-4-29-19-10-9-16(13-20(19)28-3)14-24-22(23-2)25-18-11-12-26(15-18)21(27)17-7-5-6-8-17;/h9-10,13,17-18H,4-8,11-12,14-15H2,1-3H3,(H2,23,24,25);1H. The second-order valence-corrected chi connectivity index (χ2v) is 7.74. The summed E-state index contributed by atoms with van der Waals surface area (Å²) in [6, 6.07) is 6.16. The maximum atomic E-state index is 12.6. The first-order valence-corrected chi connectivity index (χ1v) is 10.7. The molecule has 0 bridgehead atoms. The molecule has 1 aliphatic heterocycles. The van der Waals surface area contributed by atoms with Crippen molar-refractivity contribution in [2.75, 3.05) is 33.9 Å². The van der Waals surface area contributed by atoms with Crippen molar-refractivity contribution in [3.05, 3.63) is 23.8 Å². The molecule has 1 aromatic carbocycles. The highest BCUT2D eigenvalue weighted by atomic mass is 127. The molecule has 1 saturated heterocycles. The number of rotatable bonds is 7. The van der Waals surface area contributed by atoms with Crippen molar-refractivity contribution in [1.29, 1.82) is 0 Å². The lowest BCUT2D eigenvalue weighted by Gasteiger charge is -2.21. The Morgan fingerprint density at radius 2 is 2.00 bits per heavy atom. The van der Waals surface area contributed by atoms with Gasteiger partial charge in [0.2, 0.25) is 5.91 Å². The van der Waals surface area contributed by atoms with Crippen LogP contribution in [0.15, 0.2) is 23.2 Å². The van der Waals surface area contributed by atoms with Crippen LogP contribution in [0.4, 0.5) is 0 Å². The van der Waals surface area contributed by atoms with E-state index < -0.39 is 0 Å². The Hall–Kier alpha value is -1.71. The zero-order valence-corrected chi connectivity index (χ0v) is 20.6. The molecule has 3 rings (SSSR count). The van der Waals surface area contributed by atoms with E-state index in [1.807, 2.05) is 30.0 Å². The molecular formula is C22H35IN4O3. The zero-order chi connectivity index (χ0) is 20.6. The third kappa shape index (κ3) is 6.39. The maximum absolute atomic E-state index is 12.6. The minimum Gasteiger partial charge on any atom is -0.493 e.